The maximum atomic E-state index is 12.9. The van der Waals surface area contributed by atoms with E-state index < -0.39 is 0 Å². The molecule has 3 heterocycles. The Morgan fingerprint density at radius 3 is 2.77 bits per heavy atom. The topological polar surface area (TPSA) is 52.1 Å². The van der Waals surface area contributed by atoms with E-state index in [0.717, 1.165) is 60.4 Å². The van der Waals surface area contributed by atoms with Crippen molar-refractivity contribution in [3.05, 3.63) is 58.0 Å². The zero-order chi connectivity index (χ0) is 24.2. The number of hydrogen-bond donors (Lipinski definition) is 0. The molecule has 0 N–H and O–H groups in total. The summed E-state index contributed by atoms with van der Waals surface area (Å²) in [7, 11) is 1.73. The Balaban J connectivity index is 1.45. The molecule has 35 heavy (non-hydrogen) atoms. The molecule has 1 aliphatic rings. The molecule has 4 aromatic rings. The first-order valence-electron chi connectivity index (χ1n) is 12.6. The number of thiazole rings is 1. The van der Waals surface area contributed by atoms with E-state index in [4.69, 9.17) is 9.72 Å². The Hall–Kier alpha value is -2.41. The number of rotatable bonds is 10. The van der Waals surface area contributed by atoms with Crippen LogP contribution in [0.15, 0.2) is 42.7 Å². The fourth-order valence-corrected chi connectivity index (χ4v) is 7.45. The van der Waals surface area contributed by atoms with Crippen LogP contribution in [0.1, 0.15) is 54.3 Å². The smallest absolute Gasteiger partial charge is 0.138 e. The zero-order valence-corrected chi connectivity index (χ0v) is 22.1. The number of ether oxygens (including phenoxy) is 1. The molecule has 4 nitrogen and oxygen atoms in total. The average molecular weight is 505 g/mol. The highest BCUT2D eigenvalue weighted by molar-refractivity contribution is 7.22. The standard InChI is InChI=1S/C29H32N2O2S2/c1-19-7-9-25-23(16-19)28(27(34-25)18-22(32)6-4-3-5-15-33-2)29-31-24-17-21(8-10-26(24)35-29)20-11-13-30-14-12-20/h8,10-14,17,19H,3-7,9,15-16,18H2,1-2H3. The summed E-state index contributed by atoms with van der Waals surface area (Å²) < 4.78 is 6.32. The molecular formula is C29H32N2O2S2. The van der Waals surface area contributed by atoms with Crippen LogP contribution in [-0.2, 0) is 28.8 Å². The van der Waals surface area contributed by atoms with Gasteiger partial charge in [0.05, 0.1) is 10.2 Å². The molecule has 0 aliphatic heterocycles. The largest absolute Gasteiger partial charge is 0.385 e. The van der Waals surface area contributed by atoms with Gasteiger partial charge in [0.25, 0.3) is 0 Å². The number of methoxy groups -OCH3 is 1. The number of fused-ring (bicyclic) bond motifs is 2. The first-order valence-corrected chi connectivity index (χ1v) is 14.2. The molecule has 1 atom stereocenters. The van der Waals surface area contributed by atoms with Gasteiger partial charge in [-0.15, -0.1) is 22.7 Å². The molecule has 0 amide bonds. The number of ketones is 1. The Morgan fingerprint density at radius 1 is 1.09 bits per heavy atom. The second-order valence-electron chi connectivity index (χ2n) is 9.61. The summed E-state index contributed by atoms with van der Waals surface area (Å²) in [5.74, 6) is 1.02. The highest BCUT2D eigenvalue weighted by Crippen LogP contribution is 2.45. The Bertz CT molecular complexity index is 1310. The van der Waals surface area contributed by atoms with Gasteiger partial charge in [0.1, 0.15) is 10.8 Å². The number of nitrogens with zero attached hydrogens (tertiary/aromatic N) is 2. The summed E-state index contributed by atoms with van der Waals surface area (Å²) in [6.45, 7) is 3.11. The van der Waals surface area contributed by atoms with Gasteiger partial charge in [0.2, 0.25) is 0 Å². The predicted octanol–water partition coefficient (Wildman–Crippen LogP) is 7.53. The van der Waals surface area contributed by atoms with E-state index in [-0.39, 0.29) is 0 Å². The second kappa shape index (κ2) is 11.1. The van der Waals surface area contributed by atoms with E-state index in [1.807, 2.05) is 35.9 Å². The normalized spacial score (nSPS) is 15.4. The number of unbranched alkanes of at least 4 members (excludes halogenated alkanes) is 2. The summed E-state index contributed by atoms with van der Waals surface area (Å²) in [6, 6.07) is 10.6. The number of aromatic nitrogens is 2. The van der Waals surface area contributed by atoms with Crippen LogP contribution in [0.25, 0.3) is 31.9 Å². The van der Waals surface area contributed by atoms with Gasteiger partial charge in [-0.05, 0) is 79.0 Å². The van der Waals surface area contributed by atoms with E-state index in [1.54, 1.807) is 18.4 Å². The van der Waals surface area contributed by atoms with Crippen molar-refractivity contribution in [2.45, 2.75) is 58.3 Å². The van der Waals surface area contributed by atoms with Crippen molar-refractivity contribution >= 4 is 38.7 Å². The SMILES string of the molecule is COCCCCCC(=O)Cc1sc2c(c1-c1nc3cc(-c4ccncc4)ccc3s1)CC(C)CC2. The van der Waals surface area contributed by atoms with Crippen LogP contribution in [0, 0.1) is 5.92 Å². The fraction of sp³-hybridized carbons (Fsp3) is 0.414. The quantitative estimate of drug-likeness (QED) is 0.209. The number of hydrogen-bond acceptors (Lipinski definition) is 6. The van der Waals surface area contributed by atoms with Crippen LogP contribution in [0.2, 0.25) is 0 Å². The second-order valence-corrected chi connectivity index (χ2v) is 11.8. The highest BCUT2D eigenvalue weighted by atomic mass is 32.1. The number of carbonyl (C=O) groups is 1. The molecule has 6 heteroatoms. The lowest BCUT2D eigenvalue weighted by Crippen LogP contribution is -2.09. The van der Waals surface area contributed by atoms with Crippen molar-refractivity contribution < 1.29 is 9.53 Å². The lowest BCUT2D eigenvalue weighted by Gasteiger charge is -2.18. The van der Waals surface area contributed by atoms with Crippen molar-refractivity contribution in [3.8, 4) is 21.7 Å². The lowest BCUT2D eigenvalue weighted by atomic mass is 9.87. The summed E-state index contributed by atoms with van der Waals surface area (Å²) in [4.78, 5) is 24.9. The molecular weight excluding hydrogens is 472 g/mol. The van der Waals surface area contributed by atoms with E-state index in [0.29, 0.717) is 24.5 Å². The van der Waals surface area contributed by atoms with Crippen molar-refractivity contribution in [1.29, 1.82) is 0 Å². The summed E-state index contributed by atoms with van der Waals surface area (Å²) >= 11 is 3.62. The highest BCUT2D eigenvalue weighted by Gasteiger charge is 2.27. The van der Waals surface area contributed by atoms with Crippen LogP contribution >= 0.6 is 22.7 Å². The molecule has 0 fully saturated rings. The van der Waals surface area contributed by atoms with Crippen molar-refractivity contribution in [1.82, 2.24) is 9.97 Å². The van der Waals surface area contributed by atoms with Crippen LogP contribution < -0.4 is 0 Å². The fourth-order valence-electron chi connectivity index (χ4n) is 4.96. The first-order chi connectivity index (χ1) is 17.1. The molecule has 0 saturated carbocycles. The van der Waals surface area contributed by atoms with Crippen LogP contribution in [0.4, 0.5) is 0 Å². The molecule has 1 aromatic carbocycles. The molecule has 0 saturated heterocycles. The molecule has 5 rings (SSSR count). The lowest BCUT2D eigenvalue weighted by molar-refractivity contribution is -0.118. The van der Waals surface area contributed by atoms with E-state index >= 15 is 0 Å². The van der Waals surface area contributed by atoms with Gasteiger partial charge in [-0.3, -0.25) is 9.78 Å². The third-order valence-electron chi connectivity index (χ3n) is 6.86. The van der Waals surface area contributed by atoms with Crippen LogP contribution in [-0.4, -0.2) is 29.5 Å². The number of Topliss-reactive ketones (excluding diaryl/α,β-unsaturated/α-hetero) is 1. The summed E-state index contributed by atoms with van der Waals surface area (Å²) in [5, 5.41) is 1.07. The minimum Gasteiger partial charge on any atom is -0.385 e. The maximum absolute atomic E-state index is 12.9. The molecule has 0 radical (unpaired) electrons. The zero-order valence-electron chi connectivity index (χ0n) is 20.5. The van der Waals surface area contributed by atoms with Gasteiger partial charge < -0.3 is 4.74 Å². The molecule has 1 unspecified atom stereocenters. The maximum Gasteiger partial charge on any atom is 0.138 e. The van der Waals surface area contributed by atoms with Gasteiger partial charge in [-0.2, -0.15) is 0 Å². The number of pyridine rings is 1. The third kappa shape index (κ3) is 5.55. The van der Waals surface area contributed by atoms with Crippen LogP contribution in [0.3, 0.4) is 0 Å². The van der Waals surface area contributed by atoms with Crippen molar-refractivity contribution in [3.63, 3.8) is 0 Å². The number of thiophene rings is 1. The van der Waals surface area contributed by atoms with Gasteiger partial charge >= 0.3 is 0 Å². The number of benzene rings is 1. The van der Waals surface area contributed by atoms with Gasteiger partial charge in [-0.1, -0.05) is 19.4 Å². The van der Waals surface area contributed by atoms with Gasteiger partial charge in [0.15, 0.2) is 0 Å². The van der Waals surface area contributed by atoms with Crippen molar-refractivity contribution in [2.24, 2.45) is 5.92 Å². The Kier molecular flexibility index (Phi) is 7.71. The first kappa shape index (κ1) is 24.3. The summed E-state index contributed by atoms with van der Waals surface area (Å²) in [6.07, 6.45) is 11.3. The minimum absolute atomic E-state index is 0.344. The van der Waals surface area contributed by atoms with Crippen molar-refractivity contribution in [2.75, 3.05) is 13.7 Å². The molecule has 0 bridgehead atoms. The summed E-state index contributed by atoms with van der Waals surface area (Å²) in [5.41, 5.74) is 6.04. The minimum atomic E-state index is 0.344. The van der Waals surface area contributed by atoms with E-state index in [9.17, 15) is 4.79 Å². The molecule has 182 valence electrons. The predicted molar refractivity (Wildman–Crippen MR) is 146 cm³/mol. The molecule has 1 aliphatic carbocycles. The van der Waals surface area contributed by atoms with Crippen LogP contribution in [0.5, 0.6) is 0 Å². The Labute approximate surface area is 215 Å². The average Bonchev–Trinajstić information content (AvgIpc) is 3.44. The van der Waals surface area contributed by atoms with Gasteiger partial charge in [-0.25, -0.2) is 4.98 Å². The molecule has 0 spiro atoms. The van der Waals surface area contributed by atoms with E-state index in [1.165, 1.54) is 32.0 Å². The number of carbonyl (C=O) groups excluding carboxylic acids is 1. The molecule has 3 aromatic heterocycles. The Morgan fingerprint density at radius 2 is 1.94 bits per heavy atom. The monoisotopic (exact) mass is 504 g/mol. The van der Waals surface area contributed by atoms with E-state index in [2.05, 4.69) is 30.1 Å². The number of aryl methyl sites for hydroxylation is 1. The van der Waals surface area contributed by atoms with Gasteiger partial charge in [0, 0.05) is 54.3 Å². The third-order valence-corrected chi connectivity index (χ3v) is 9.20.